The highest BCUT2D eigenvalue weighted by atomic mass is 32.2. The van der Waals surface area contributed by atoms with Crippen molar-refractivity contribution in [3.63, 3.8) is 0 Å². The van der Waals surface area contributed by atoms with E-state index >= 15 is 0 Å². The van der Waals surface area contributed by atoms with Crippen molar-refractivity contribution in [3.8, 4) is 0 Å². The molecule has 1 aliphatic heterocycles. The molecule has 188 valence electrons. The van der Waals surface area contributed by atoms with Crippen molar-refractivity contribution in [2.24, 2.45) is 0 Å². The second-order valence-corrected chi connectivity index (χ2v) is 10.7. The van der Waals surface area contributed by atoms with Crippen molar-refractivity contribution in [2.45, 2.75) is 24.1 Å². The molecule has 0 spiro atoms. The number of furan rings is 1. The monoisotopic (exact) mass is 509 g/mol. The van der Waals surface area contributed by atoms with Gasteiger partial charge in [0.1, 0.15) is 0 Å². The molecule has 2 aromatic carbocycles. The first-order valence-corrected chi connectivity index (χ1v) is 13.0. The van der Waals surface area contributed by atoms with Gasteiger partial charge in [-0.05, 0) is 49.7 Å². The number of nitrogens with one attached hydrogen (secondary N) is 1. The average Bonchev–Trinajstić information content (AvgIpc) is 3.42. The summed E-state index contributed by atoms with van der Waals surface area (Å²) in [5.41, 5.74) is 1.79. The second kappa shape index (κ2) is 10.4. The Morgan fingerprint density at radius 3 is 2.11 bits per heavy atom. The van der Waals surface area contributed by atoms with Crippen LogP contribution in [-0.4, -0.2) is 67.5 Å². The summed E-state index contributed by atoms with van der Waals surface area (Å²) in [7, 11) is -4.27. The predicted octanol–water partition coefficient (Wildman–Crippen LogP) is 2.41. The summed E-state index contributed by atoms with van der Waals surface area (Å²) in [6.07, 6.45) is 1.41. The van der Waals surface area contributed by atoms with Crippen molar-refractivity contribution in [1.29, 1.82) is 0 Å². The van der Waals surface area contributed by atoms with Crippen LogP contribution in [0.15, 0.2) is 76.2 Å². The highest BCUT2D eigenvalue weighted by molar-refractivity contribution is 7.92. The van der Waals surface area contributed by atoms with Crippen molar-refractivity contribution in [1.82, 2.24) is 15.1 Å². The van der Waals surface area contributed by atoms with Crippen LogP contribution in [-0.2, 0) is 14.6 Å². The van der Waals surface area contributed by atoms with Gasteiger partial charge < -0.3 is 19.5 Å². The van der Waals surface area contributed by atoms with Gasteiger partial charge in [-0.3, -0.25) is 14.4 Å². The number of hydrogen-bond donors (Lipinski definition) is 1. The minimum atomic E-state index is -4.27. The largest absolute Gasteiger partial charge is 0.459 e. The number of piperazine rings is 1. The molecule has 0 unspecified atom stereocenters. The van der Waals surface area contributed by atoms with E-state index in [0.29, 0.717) is 5.56 Å². The van der Waals surface area contributed by atoms with Gasteiger partial charge >= 0.3 is 0 Å². The van der Waals surface area contributed by atoms with Crippen LogP contribution in [0.2, 0.25) is 0 Å². The van der Waals surface area contributed by atoms with Crippen LogP contribution in [0.3, 0.4) is 0 Å². The van der Waals surface area contributed by atoms with Crippen molar-refractivity contribution >= 4 is 27.6 Å². The Morgan fingerprint density at radius 1 is 0.861 bits per heavy atom. The molecule has 1 fully saturated rings. The molecule has 1 aromatic heterocycles. The highest BCUT2D eigenvalue weighted by Crippen LogP contribution is 2.20. The molecule has 10 heteroatoms. The lowest BCUT2D eigenvalue weighted by molar-refractivity contribution is -0.132. The Morgan fingerprint density at radius 2 is 1.50 bits per heavy atom. The van der Waals surface area contributed by atoms with Gasteiger partial charge in [0.2, 0.25) is 15.2 Å². The summed E-state index contributed by atoms with van der Waals surface area (Å²) in [4.78, 5) is 42.0. The van der Waals surface area contributed by atoms with E-state index in [1.54, 1.807) is 55.5 Å². The minimum absolute atomic E-state index is 0.0665. The first-order valence-electron chi connectivity index (χ1n) is 11.5. The van der Waals surface area contributed by atoms with Gasteiger partial charge in [0.05, 0.1) is 11.2 Å². The van der Waals surface area contributed by atoms with E-state index in [1.165, 1.54) is 28.2 Å². The molecular weight excluding hydrogens is 482 g/mol. The summed E-state index contributed by atoms with van der Waals surface area (Å²) in [6.45, 7) is 4.19. The zero-order chi connectivity index (χ0) is 25.9. The number of carbonyl (C=O) groups excluding carboxylic acids is 3. The third-order valence-electron chi connectivity index (χ3n) is 6.15. The predicted molar refractivity (Wildman–Crippen MR) is 132 cm³/mol. The van der Waals surface area contributed by atoms with Gasteiger partial charge in [0.15, 0.2) is 5.76 Å². The molecule has 4 rings (SSSR count). The van der Waals surface area contributed by atoms with E-state index in [4.69, 9.17) is 4.42 Å². The van der Waals surface area contributed by atoms with E-state index in [1.807, 2.05) is 6.92 Å². The number of nitrogens with zero attached hydrogens (tertiary/aromatic N) is 2. The third-order valence-corrected chi connectivity index (χ3v) is 8.02. The lowest BCUT2D eigenvalue weighted by Gasteiger charge is -2.36. The molecule has 1 saturated heterocycles. The molecule has 0 aliphatic carbocycles. The number of rotatable bonds is 6. The SMILES string of the molecule is Cc1ccc(S(=O)(=O)[C@@H](NC(=O)c2ccccc2C)C(=O)N2CCN(C(=O)c3ccco3)CC2)cc1. The van der Waals surface area contributed by atoms with Crippen LogP contribution in [0, 0.1) is 13.8 Å². The molecule has 0 bridgehead atoms. The van der Waals surface area contributed by atoms with Crippen molar-refractivity contribution < 1.29 is 27.2 Å². The fourth-order valence-electron chi connectivity index (χ4n) is 4.01. The first kappa shape index (κ1) is 25.2. The lowest BCUT2D eigenvalue weighted by atomic mass is 10.1. The number of carbonyl (C=O) groups is 3. The van der Waals surface area contributed by atoms with Gasteiger partial charge in [-0.2, -0.15) is 0 Å². The topological polar surface area (TPSA) is 117 Å². The zero-order valence-electron chi connectivity index (χ0n) is 20.0. The number of amides is 3. The normalized spacial score (nSPS) is 14.8. The molecule has 1 aliphatic rings. The summed E-state index contributed by atoms with van der Waals surface area (Å²) in [5.74, 6) is -1.51. The Bertz CT molecular complexity index is 1360. The Labute approximate surface area is 209 Å². The van der Waals surface area contributed by atoms with Crippen molar-refractivity contribution in [3.05, 3.63) is 89.4 Å². The van der Waals surface area contributed by atoms with Crippen LogP contribution in [0.5, 0.6) is 0 Å². The van der Waals surface area contributed by atoms with Gasteiger partial charge in [-0.25, -0.2) is 8.42 Å². The number of aryl methyl sites for hydroxylation is 2. The van der Waals surface area contributed by atoms with Gasteiger partial charge in [0, 0.05) is 31.7 Å². The van der Waals surface area contributed by atoms with E-state index in [-0.39, 0.29) is 48.3 Å². The Hall–Kier alpha value is -3.92. The third kappa shape index (κ3) is 5.18. The molecule has 3 aromatic rings. The standard InChI is InChI=1S/C26H27N3O6S/c1-18-9-11-20(12-10-18)36(33,34)24(27-23(30)21-7-4-3-6-19(21)2)26(32)29-15-13-28(14-16-29)25(31)22-8-5-17-35-22/h3-12,17,24H,13-16H2,1-2H3,(H,27,30)/t24-/m1/s1. The summed E-state index contributed by atoms with van der Waals surface area (Å²) < 4.78 is 32.3. The molecule has 2 heterocycles. The van der Waals surface area contributed by atoms with Gasteiger partial charge in [-0.15, -0.1) is 0 Å². The zero-order valence-corrected chi connectivity index (χ0v) is 20.8. The molecular formula is C26H27N3O6S. The quantitative estimate of drug-likeness (QED) is 0.546. The summed E-state index contributed by atoms with van der Waals surface area (Å²) >= 11 is 0. The van der Waals surface area contributed by atoms with E-state index in [2.05, 4.69) is 5.32 Å². The highest BCUT2D eigenvalue weighted by Gasteiger charge is 2.40. The van der Waals surface area contributed by atoms with Crippen LogP contribution in [0.4, 0.5) is 0 Å². The Kier molecular flexibility index (Phi) is 7.25. The van der Waals surface area contributed by atoms with Gasteiger partial charge in [-0.1, -0.05) is 35.9 Å². The maximum Gasteiger partial charge on any atom is 0.289 e. The molecule has 9 nitrogen and oxygen atoms in total. The van der Waals surface area contributed by atoms with Crippen LogP contribution >= 0.6 is 0 Å². The number of hydrogen-bond acceptors (Lipinski definition) is 6. The smallest absolute Gasteiger partial charge is 0.289 e. The van der Waals surface area contributed by atoms with E-state index in [0.717, 1.165) is 5.56 Å². The fraction of sp³-hybridized carbons (Fsp3) is 0.269. The summed E-state index contributed by atoms with van der Waals surface area (Å²) in [6, 6.07) is 16.0. The average molecular weight is 510 g/mol. The van der Waals surface area contributed by atoms with E-state index < -0.39 is 27.0 Å². The van der Waals surface area contributed by atoms with Crippen LogP contribution in [0.1, 0.15) is 32.0 Å². The summed E-state index contributed by atoms with van der Waals surface area (Å²) in [5, 5.41) is 0.648. The minimum Gasteiger partial charge on any atom is -0.459 e. The molecule has 1 atom stereocenters. The van der Waals surface area contributed by atoms with E-state index in [9.17, 15) is 22.8 Å². The number of sulfone groups is 1. The van der Waals surface area contributed by atoms with Crippen LogP contribution < -0.4 is 5.32 Å². The lowest BCUT2D eigenvalue weighted by Crippen LogP contribution is -2.57. The Balaban J connectivity index is 1.58. The number of benzene rings is 2. The molecule has 1 N–H and O–H groups in total. The van der Waals surface area contributed by atoms with Gasteiger partial charge in [0.25, 0.3) is 17.7 Å². The maximum absolute atomic E-state index is 13.6. The fourth-order valence-corrected chi connectivity index (χ4v) is 5.48. The van der Waals surface area contributed by atoms with Crippen LogP contribution in [0.25, 0.3) is 0 Å². The first-order chi connectivity index (χ1) is 17.2. The molecule has 36 heavy (non-hydrogen) atoms. The van der Waals surface area contributed by atoms with Crippen molar-refractivity contribution in [2.75, 3.05) is 26.2 Å². The molecule has 0 radical (unpaired) electrons. The molecule has 3 amide bonds. The second-order valence-electron chi connectivity index (χ2n) is 8.62. The molecule has 0 saturated carbocycles. The maximum atomic E-state index is 13.6.